The molecule has 102 valence electrons. The molecule has 0 spiro atoms. The summed E-state index contributed by atoms with van der Waals surface area (Å²) in [5, 5.41) is 0.339. The molecule has 0 aromatic heterocycles. The van der Waals surface area contributed by atoms with Crippen LogP contribution in [0.2, 0.25) is 0 Å². The maximum Gasteiger partial charge on any atom is 0.316 e. The topological polar surface area (TPSA) is 60.4 Å². The van der Waals surface area contributed by atoms with Crippen molar-refractivity contribution in [3.63, 3.8) is 0 Å². The van der Waals surface area contributed by atoms with Crippen molar-refractivity contribution in [2.45, 2.75) is 38.4 Å². The van der Waals surface area contributed by atoms with E-state index in [0.29, 0.717) is 18.1 Å². The van der Waals surface area contributed by atoms with Gasteiger partial charge in [-0.15, -0.1) is 0 Å². The molecule has 0 aromatic rings. The molecule has 18 heavy (non-hydrogen) atoms. The molecule has 4 nitrogen and oxygen atoms in total. The lowest BCUT2D eigenvalue weighted by molar-refractivity contribution is -0.154. The first-order valence-corrected chi connectivity index (χ1v) is 7.28. The smallest absolute Gasteiger partial charge is 0.316 e. The SMILES string of the molecule is CCS[C@H](C)C[C@@H]1CC(=O)CC(=O)[C@H]1C(=O)OC. The fraction of sp³-hybridized carbons (Fsp3) is 0.769. The number of carbonyl (C=O) groups excluding carboxylic acids is 3. The molecule has 5 heteroatoms. The van der Waals surface area contributed by atoms with Crippen LogP contribution in [-0.2, 0) is 19.1 Å². The standard InChI is InChI=1S/C13H20O4S/c1-4-18-8(2)5-9-6-10(14)7-11(15)12(9)13(16)17-3/h8-9,12H,4-7H2,1-3H3/t8-,9-,12+/m1/s1. The normalized spacial score (nSPS) is 25.9. The van der Waals surface area contributed by atoms with Crippen LogP contribution in [0.1, 0.15) is 33.1 Å². The Morgan fingerprint density at radius 1 is 1.50 bits per heavy atom. The van der Waals surface area contributed by atoms with Gasteiger partial charge < -0.3 is 4.74 Å². The number of rotatable bonds is 5. The Morgan fingerprint density at radius 2 is 2.17 bits per heavy atom. The summed E-state index contributed by atoms with van der Waals surface area (Å²) in [6.45, 7) is 4.13. The summed E-state index contributed by atoms with van der Waals surface area (Å²) in [7, 11) is 1.29. The molecule has 1 rings (SSSR count). The number of hydrogen-bond donors (Lipinski definition) is 0. The summed E-state index contributed by atoms with van der Waals surface area (Å²) < 4.78 is 4.69. The van der Waals surface area contributed by atoms with Gasteiger partial charge in [0, 0.05) is 11.7 Å². The van der Waals surface area contributed by atoms with Gasteiger partial charge in [-0.3, -0.25) is 14.4 Å². The Labute approximate surface area is 112 Å². The summed E-state index contributed by atoms with van der Waals surface area (Å²) in [5.74, 6) is -0.784. The fourth-order valence-electron chi connectivity index (χ4n) is 2.50. The maximum atomic E-state index is 11.8. The molecule has 0 unspecified atom stereocenters. The van der Waals surface area contributed by atoms with Crippen LogP contribution in [0.5, 0.6) is 0 Å². The Morgan fingerprint density at radius 3 is 2.72 bits per heavy atom. The number of carbonyl (C=O) groups is 3. The fourth-order valence-corrected chi connectivity index (χ4v) is 3.45. The Bertz CT molecular complexity index is 340. The van der Waals surface area contributed by atoms with Crippen LogP contribution in [-0.4, -0.2) is 35.6 Å². The van der Waals surface area contributed by atoms with Gasteiger partial charge in [-0.05, 0) is 18.1 Å². The van der Waals surface area contributed by atoms with E-state index in [2.05, 4.69) is 18.6 Å². The second-order valence-corrected chi connectivity index (χ2v) is 6.36. The first-order valence-electron chi connectivity index (χ1n) is 6.23. The zero-order valence-corrected chi connectivity index (χ0v) is 11.9. The third kappa shape index (κ3) is 3.83. The van der Waals surface area contributed by atoms with Crippen molar-refractivity contribution >= 4 is 29.3 Å². The van der Waals surface area contributed by atoms with Crippen LogP contribution < -0.4 is 0 Å². The lowest BCUT2D eigenvalue weighted by Gasteiger charge is -2.29. The summed E-state index contributed by atoms with van der Waals surface area (Å²) in [5.41, 5.74) is 0. The van der Waals surface area contributed by atoms with Crippen molar-refractivity contribution in [1.82, 2.24) is 0 Å². The molecule has 3 atom stereocenters. The van der Waals surface area contributed by atoms with Gasteiger partial charge in [0.25, 0.3) is 0 Å². The first kappa shape index (κ1) is 15.2. The predicted octanol–water partition coefficient (Wildman–Crippen LogP) is 1.86. The summed E-state index contributed by atoms with van der Waals surface area (Å²) in [6.07, 6.45) is 0.904. The summed E-state index contributed by atoms with van der Waals surface area (Å²) in [6, 6.07) is 0. The van der Waals surface area contributed by atoms with Gasteiger partial charge in [0.15, 0.2) is 5.78 Å². The van der Waals surface area contributed by atoms with Crippen molar-refractivity contribution in [1.29, 1.82) is 0 Å². The van der Waals surface area contributed by atoms with Crippen LogP contribution in [0, 0.1) is 11.8 Å². The third-order valence-electron chi connectivity index (χ3n) is 3.22. The summed E-state index contributed by atoms with van der Waals surface area (Å²) >= 11 is 1.77. The van der Waals surface area contributed by atoms with Crippen LogP contribution in [0.15, 0.2) is 0 Å². The van der Waals surface area contributed by atoms with E-state index in [-0.39, 0.29) is 23.9 Å². The van der Waals surface area contributed by atoms with E-state index in [0.717, 1.165) is 5.75 Å². The number of ether oxygens (including phenoxy) is 1. The van der Waals surface area contributed by atoms with Gasteiger partial charge in [0.1, 0.15) is 11.7 Å². The van der Waals surface area contributed by atoms with Gasteiger partial charge in [-0.25, -0.2) is 0 Å². The minimum Gasteiger partial charge on any atom is -0.468 e. The highest BCUT2D eigenvalue weighted by Crippen LogP contribution is 2.32. The van der Waals surface area contributed by atoms with Crippen molar-refractivity contribution in [3.8, 4) is 0 Å². The molecule has 1 aliphatic rings. The van der Waals surface area contributed by atoms with Crippen LogP contribution in [0.4, 0.5) is 0 Å². The van der Waals surface area contributed by atoms with E-state index in [4.69, 9.17) is 0 Å². The average molecular weight is 272 g/mol. The molecule has 0 amide bonds. The van der Waals surface area contributed by atoms with Crippen molar-refractivity contribution in [2.24, 2.45) is 11.8 Å². The molecule has 0 N–H and O–H groups in total. The second kappa shape index (κ2) is 6.92. The molecule has 1 aliphatic carbocycles. The lowest BCUT2D eigenvalue weighted by Crippen LogP contribution is -2.40. The maximum absolute atomic E-state index is 11.8. The number of thioether (sulfide) groups is 1. The average Bonchev–Trinajstić information content (AvgIpc) is 2.27. The minimum absolute atomic E-state index is 0.0566. The molecule has 0 saturated heterocycles. The predicted molar refractivity (Wildman–Crippen MR) is 70.5 cm³/mol. The van der Waals surface area contributed by atoms with E-state index < -0.39 is 11.9 Å². The van der Waals surface area contributed by atoms with E-state index in [9.17, 15) is 14.4 Å². The molecule has 0 aliphatic heterocycles. The highest BCUT2D eigenvalue weighted by molar-refractivity contribution is 7.99. The first-order chi connectivity index (χ1) is 8.49. The molecular formula is C13H20O4S. The van der Waals surface area contributed by atoms with Gasteiger partial charge >= 0.3 is 5.97 Å². The highest BCUT2D eigenvalue weighted by atomic mass is 32.2. The van der Waals surface area contributed by atoms with E-state index in [1.807, 2.05) is 0 Å². The number of hydrogen-bond acceptors (Lipinski definition) is 5. The molecular weight excluding hydrogens is 252 g/mol. The minimum atomic E-state index is -0.743. The molecule has 1 fully saturated rings. The van der Waals surface area contributed by atoms with E-state index in [1.165, 1.54) is 7.11 Å². The Hall–Kier alpha value is -0.840. The number of ketones is 2. The molecule has 0 bridgehead atoms. The van der Waals surface area contributed by atoms with Gasteiger partial charge in [0.05, 0.1) is 13.5 Å². The van der Waals surface area contributed by atoms with Crippen LogP contribution >= 0.6 is 11.8 Å². The molecule has 0 aromatic carbocycles. The quantitative estimate of drug-likeness (QED) is 0.564. The van der Waals surface area contributed by atoms with Gasteiger partial charge in [0.2, 0.25) is 0 Å². The highest BCUT2D eigenvalue weighted by Gasteiger charge is 2.41. The summed E-state index contributed by atoms with van der Waals surface area (Å²) in [4.78, 5) is 35.0. The zero-order chi connectivity index (χ0) is 13.7. The third-order valence-corrected chi connectivity index (χ3v) is 4.32. The lowest BCUT2D eigenvalue weighted by atomic mass is 9.75. The van der Waals surface area contributed by atoms with Crippen LogP contribution in [0.25, 0.3) is 0 Å². The van der Waals surface area contributed by atoms with E-state index >= 15 is 0 Å². The Kier molecular flexibility index (Phi) is 5.85. The van der Waals surface area contributed by atoms with Crippen molar-refractivity contribution in [3.05, 3.63) is 0 Å². The van der Waals surface area contributed by atoms with E-state index in [1.54, 1.807) is 11.8 Å². The monoisotopic (exact) mass is 272 g/mol. The van der Waals surface area contributed by atoms with Gasteiger partial charge in [-0.2, -0.15) is 11.8 Å². The van der Waals surface area contributed by atoms with Crippen LogP contribution in [0.3, 0.4) is 0 Å². The van der Waals surface area contributed by atoms with Crippen molar-refractivity contribution < 1.29 is 19.1 Å². The van der Waals surface area contributed by atoms with Crippen molar-refractivity contribution in [2.75, 3.05) is 12.9 Å². The number of Topliss-reactive ketones (excluding diaryl/α,β-unsaturated/α-hetero) is 2. The second-order valence-electron chi connectivity index (χ2n) is 4.65. The number of methoxy groups -OCH3 is 1. The molecule has 1 saturated carbocycles. The largest absolute Gasteiger partial charge is 0.468 e. The molecule has 0 radical (unpaired) electrons. The van der Waals surface area contributed by atoms with Gasteiger partial charge in [-0.1, -0.05) is 13.8 Å². The zero-order valence-electron chi connectivity index (χ0n) is 11.1. The molecule has 0 heterocycles. The Balaban J connectivity index is 2.77. The number of esters is 1.